The molecule has 4 nitrogen and oxygen atoms in total. The molecule has 0 fully saturated rings. The molecule has 0 spiro atoms. The molecule has 1 aliphatic heterocycles. The van der Waals surface area contributed by atoms with E-state index in [9.17, 15) is 9.59 Å². The van der Waals surface area contributed by atoms with Gasteiger partial charge in [0.15, 0.2) is 11.8 Å². The molecule has 0 saturated carbocycles. The van der Waals surface area contributed by atoms with Crippen molar-refractivity contribution in [3.8, 4) is 0 Å². The minimum Gasteiger partial charge on any atom is -0.417 e. The first-order valence-corrected chi connectivity index (χ1v) is 6.71. The third-order valence-corrected chi connectivity index (χ3v) is 3.81. The van der Waals surface area contributed by atoms with Crippen LogP contribution in [0.15, 0.2) is 24.3 Å². The van der Waals surface area contributed by atoms with Crippen molar-refractivity contribution in [1.82, 2.24) is 4.90 Å². The normalized spacial score (nSPS) is 20.3. The largest absolute Gasteiger partial charge is 1.00 e. The van der Waals surface area contributed by atoms with E-state index in [1.54, 1.807) is 17.0 Å². The third-order valence-electron chi connectivity index (χ3n) is 3.81. The number of hydrogen-bond donors (Lipinski definition) is 0. The molecule has 2 amide bonds. The first-order chi connectivity index (χ1) is 9.30. The molecule has 21 heavy (non-hydrogen) atoms. The second-order valence-electron chi connectivity index (χ2n) is 6.31. The van der Waals surface area contributed by atoms with Gasteiger partial charge in [0.1, 0.15) is 0 Å². The molecule has 1 heterocycles. The summed E-state index contributed by atoms with van der Waals surface area (Å²) in [6.07, 6.45) is 1.63. The number of allylic oxidation sites excluding steroid dienone is 1. The minimum atomic E-state index is -0.546. The summed E-state index contributed by atoms with van der Waals surface area (Å²) in [4.78, 5) is 26.4. The molecule has 1 aromatic rings. The van der Waals surface area contributed by atoms with Crippen LogP contribution in [0, 0.1) is 0 Å². The van der Waals surface area contributed by atoms with E-state index < -0.39 is 11.6 Å². The van der Waals surface area contributed by atoms with Gasteiger partial charge in [-0.3, -0.25) is 9.59 Å². The van der Waals surface area contributed by atoms with Crippen LogP contribution in [0.3, 0.4) is 0 Å². The number of nitrogens with zero attached hydrogens (tertiary/aromatic N) is 2. The van der Waals surface area contributed by atoms with Crippen molar-refractivity contribution in [1.29, 1.82) is 0 Å². The Morgan fingerprint density at radius 3 is 2.48 bits per heavy atom. The fraction of sp³-hybridized carbons (Fsp3) is 0.375. The summed E-state index contributed by atoms with van der Waals surface area (Å²) in [5.41, 5.74) is 2.98. The molecular formula is C16H17N2NaO2. The number of hydrogen-bond acceptors (Lipinski definition) is 2. The van der Waals surface area contributed by atoms with Gasteiger partial charge in [0, 0.05) is 0 Å². The van der Waals surface area contributed by atoms with E-state index in [1.807, 2.05) is 39.8 Å². The van der Waals surface area contributed by atoms with E-state index in [0.29, 0.717) is 5.69 Å². The van der Waals surface area contributed by atoms with E-state index in [4.69, 9.17) is 0 Å². The molecule has 2 aliphatic rings. The second-order valence-corrected chi connectivity index (χ2v) is 6.31. The van der Waals surface area contributed by atoms with Crippen molar-refractivity contribution in [3.05, 3.63) is 40.7 Å². The van der Waals surface area contributed by atoms with Gasteiger partial charge in [-0.1, -0.05) is 39.0 Å². The molecule has 0 bridgehead atoms. The number of benzene rings is 1. The summed E-state index contributed by atoms with van der Waals surface area (Å²) in [6, 6.07) is 4.77. The first-order valence-electron chi connectivity index (χ1n) is 6.71. The van der Waals surface area contributed by atoms with Crippen LogP contribution in [0.1, 0.15) is 44.9 Å². The van der Waals surface area contributed by atoms with Crippen LogP contribution >= 0.6 is 0 Å². The number of rotatable bonds is 0. The maximum atomic E-state index is 12.5. The molecule has 5 heteroatoms. The Morgan fingerprint density at radius 1 is 1.19 bits per heavy atom. The Morgan fingerprint density at radius 2 is 1.86 bits per heavy atom. The maximum absolute atomic E-state index is 12.5. The van der Waals surface area contributed by atoms with Gasteiger partial charge < -0.3 is 10.2 Å². The van der Waals surface area contributed by atoms with Crippen molar-refractivity contribution in [3.63, 3.8) is 0 Å². The monoisotopic (exact) mass is 292 g/mol. The van der Waals surface area contributed by atoms with Crippen LogP contribution < -0.4 is 29.6 Å². The number of urea groups is 1. The maximum Gasteiger partial charge on any atom is 1.00 e. The van der Waals surface area contributed by atoms with Crippen LogP contribution in [0.25, 0.3) is 10.9 Å². The predicted molar refractivity (Wildman–Crippen MR) is 77.8 cm³/mol. The van der Waals surface area contributed by atoms with E-state index >= 15 is 0 Å². The van der Waals surface area contributed by atoms with Gasteiger partial charge in [-0.25, -0.2) is 0 Å². The van der Waals surface area contributed by atoms with E-state index in [0.717, 1.165) is 16.7 Å². The zero-order valence-corrected chi connectivity index (χ0v) is 15.1. The first kappa shape index (κ1) is 16.3. The molecule has 3 rings (SSSR count). The fourth-order valence-electron chi connectivity index (χ4n) is 2.99. The summed E-state index contributed by atoms with van der Waals surface area (Å²) >= 11 is 0. The summed E-state index contributed by atoms with van der Waals surface area (Å²) in [7, 11) is 0. The fourth-order valence-corrected chi connectivity index (χ4v) is 2.99. The summed E-state index contributed by atoms with van der Waals surface area (Å²) in [5.74, 6) is -0.0411. The summed E-state index contributed by atoms with van der Waals surface area (Å²) in [5, 5.41) is 4.16. The van der Waals surface area contributed by atoms with Crippen molar-refractivity contribution in [2.75, 3.05) is 0 Å². The van der Waals surface area contributed by atoms with Crippen molar-refractivity contribution < 1.29 is 39.1 Å². The predicted octanol–water partition coefficient (Wildman–Crippen LogP) is 0.957. The molecule has 104 valence electrons. The number of carbonyl (C=O) groups is 2. The van der Waals surface area contributed by atoms with E-state index in [2.05, 4.69) is 5.32 Å². The quantitative estimate of drug-likeness (QED) is 0.669. The average Bonchev–Trinajstić information content (AvgIpc) is 2.33. The standard InChI is InChI=1S/C16H18N2O2.Na/c1-9-8-12(19)14-13-10(9)6-5-7-11(13)17-15(20)18(14)16(2,3)4;/h5-8,14H,1-4H3,(H,17,20);/q;+1/p-1. The summed E-state index contributed by atoms with van der Waals surface area (Å²) in [6.45, 7) is 7.69. The van der Waals surface area contributed by atoms with Crippen LogP contribution in [0.4, 0.5) is 10.5 Å². The van der Waals surface area contributed by atoms with Gasteiger partial charge >= 0.3 is 29.6 Å². The van der Waals surface area contributed by atoms with Gasteiger partial charge in [0.05, 0.1) is 6.04 Å². The van der Waals surface area contributed by atoms with E-state index in [1.165, 1.54) is 0 Å². The number of amides is 2. The van der Waals surface area contributed by atoms with Gasteiger partial charge in [-0.15, -0.1) is 0 Å². The number of carbonyl (C=O) groups excluding carboxylic acids is 2. The Kier molecular flexibility index (Phi) is 4.08. The Bertz CT molecular complexity index is 659. The Balaban J connectivity index is 0.00000161. The van der Waals surface area contributed by atoms with E-state index in [-0.39, 0.29) is 41.4 Å². The van der Waals surface area contributed by atoms with Crippen molar-refractivity contribution in [2.24, 2.45) is 0 Å². The molecule has 1 atom stereocenters. The van der Waals surface area contributed by atoms with Gasteiger partial charge in [-0.2, -0.15) is 0 Å². The zero-order chi connectivity index (χ0) is 14.7. The molecule has 1 aliphatic carbocycles. The second kappa shape index (κ2) is 5.27. The molecule has 0 radical (unpaired) electrons. The topological polar surface area (TPSA) is 51.5 Å². The van der Waals surface area contributed by atoms with Crippen LogP contribution in [-0.4, -0.2) is 22.3 Å². The summed E-state index contributed by atoms with van der Waals surface area (Å²) < 4.78 is 0. The van der Waals surface area contributed by atoms with Crippen LogP contribution in [-0.2, 0) is 4.79 Å². The smallest absolute Gasteiger partial charge is 0.417 e. The third kappa shape index (κ3) is 2.45. The van der Waals surface area contributed by atoms with Crippen LogP contribution in [0.5, 0.6) is 0 Å². The zero-order valence-electron chi connectivity index (χ0n) is 13.1. The van der Waals surface area contributed by atoms with Gasteiger partial charge in [0.25, 0.3) is 0 Å². The van der Waals surface area contributed by atoms with Crippen LogP contribution in [0.2, 0.25) is 0 Å². The molecule has 1 unspecified atom stereocenters. The Labute approximate surface area is 146 Å². The van der Waals surface area contributed by atoms with Crippen molar-refractivity contribution >= 4 is 23.1 Å². The SMILES string of the molecule is CC1=CC(=O)C2c3c(cccc31)[N-]C(=O)N2C(C)(C)C.[Na+]. The Hall–Kier alpha value is -1.10. The minimum absolute atomic E-state index is 0. The number of ketones is 1. The average molecular weight is 292 g/mol. The van der Waals surface area contributed by atoms with Gasteiger partial charge in [0.2, 0.25) is 0 Å². The molecule has 0 saturated heterocycles. The molecule has 1 aromatic carbocycles. The van der Waals surface area contributed by atoms with Crippen molar-refractivity contribution in [2.45, 2.75) is 39.3 Å². The molecule has 0 aromatic heterocycles. The van der Waals surface area contributed by atoms with Gasteiger partial charge in [-0.05, 0) is 40.9 Å². The molecular weight excluding hydrogens is 275 g/mol. The molecule has 0 N–H and O–H groups in total.